The Morgan fingerprint density at radius 3 is 2.45 bits per heavy atom. The predicted octanol–water partition coefficient (Wildman–Crippen LogP) is 5.31. The van der Waals surface area contributed by atoms with Crippen molar-refractivity contribution >= 4 is 11.4 Å². The first kappa shape index (κ1) is 23.9. The maximum atomic E-state index is 12.4. The molecule has 0 radical (unpaired) electrons. The van der Waals surface area contributed by atoms with E-state index >= 15 is 0 Å². The van der Waals surface area contributed by atoms with Crippen molar-refractivity contribution in [2.24, 2.45) is 0 Å². The molecule has 5 nitrogen and oxygen atoms in total. The number of hydrogen-bond donors (Lipinski definition) is 1. The summed E-state index contributed by atoms with van der Waals surface area (Å²) in [4.78, 5) is 21.5. The second-order valence-electron chi connectivity index (χ2n) is 6.51. The highest BCUT2D eigenvalue weighted by molar-refractivity contribution is 5.70. The summed E-state index contributed by atoms with van der Waals surface area (Å²) < 4.78 is 30.4. The maximum absolute atomic E-state index is 12.4. The minimum absolute atomic E-state index is 0.138. The minimum Gasteiger partial charge on any atom is -0.271 e. The average Bonchev–Trinajstić information content (AvgIpc) is 3.16. The highest BCUT2D eigenvalue weighted by Crippen LogP contribution is 2.12. The number of rotatable bonds is 7. The van der Waals surface area contributed by atoms with Crippen molar-refractivity contribution < 1.29 is 13.2 Å². The lowest BCUT2D eigenvalue weighted by atomic mass is 10.1. The second kappa shape index (κ2) is 12.3. The third-order valence-electron chi connectivity index (χ3n) is 4.29. The van der Waals surface area contributed by atoms with Gasteiger partial charge in [-0.15, -0.1) is 0 Å². The molecule has 31 heavy (non-hydrogen) atoms. The molecule has 0 aliphatic rings. The molecule has 1 N–H and O–H groups in total. The molecule has 0 bridgehead atoms. The van der Waals surface area contributed by atoms with Crippen molar-refractivity contribution in [3.8, 4) is 0 Å². The van der Waals surface area contributed by atoms with Crippen LogP contribution in [0.4, 0.5) is 13.2 Å². The molecule has 0 saturated carbocycles. The number of fused-ring (bicyclic) bond motifs is 1. The summed E-state index contributed by atoms with van der Waals surface area (Å²) in [5.74, 6) is 1.04. The number of hydrogen-bond acceptors (Lipinski definition) is 3. The van der Waals surface area contributed by atoms with Gasteiger partial charge in [0.25, 0.3) is 11.3 Å². The molecule has 2 heterocycles. The van der Waals surface area contributed by atoms with Crippen LogP contribution in [-0.4, -0.2) is 26.3 Å². The number of benzene rings is 1. The van der Waals surface area contributed by atoms with Gasteiger partial charge in [-0.1, -0.05) is 60.7 Å². The number of H-pyrrole nitrogens is 1. The zero-order valence-electron chi connectivity index (χ0n) is 17.4. The van der Waals surface area contributed by atoms with Crippen molar-refractivity contribution in [3.63, 3.8) is 0 Å². The van der Waals surface area contributed by atoms with Crippen molar-refractivity contribution in [3.05, 3.63) is 94.2 Å². The lowest BCUT2D eigenvalue weighted by Crippen LogP contribution is -2.16. The highest BCUT2D eigenvalue weighted by atomic mass is 19.4. The summed E-state index contributed by atoms with van der Waals surface area (Å²) in [5.41, 5.74) is 2.84. The normalized spacial score (nSPS) is 12.1. The molecular weight excluding hydrogens is 405 g/mol. The van der Waals surface area contributed by atoms with Crippen molar-refractivity contribution in [1.29, 1.82) is 0 Å². The third kappa shape index (κ3) is 7.73. The molecule has 0 unspecified atom stereocenters. The fraction of sp³-hybridized carbons (Fsp3) is 0.261. The Labute approximate surface area is 178 Å². The van der Waals surface area contributed by atoms with Gasteiger partial charge in [0, 0.05) is 11.6 Å². The van der Waals surface area contributed by atoms with E-state index in [0.29, 0.717) is 11.6 Å². The van der Waals surface area contributed by atoms with Gasteiger partial charge in [0.1, 0.15) is 0 Å². The molecule has 0 aliphatic carbocycles. The van der Waals surface area contributed by atoms with E-state index in [1.54, 1.807) is 6.07 Å². The number of aryl methyl sites for hydroxylation is 2. The monoisotopic (exact) mass is 430 g/mol. The maximum Gasteiger partial charge on any atom is 0.379 e. The van der Waals surface area contributed by atoms with Crippen LogP contribution in [-0.2, 0) is 12.8 Å². The van der Waals surface area contributed by atoms with Gasteiger partial charge in [-0.05, 0) is 38.7 Å². The molecule has 0 atom stereocenters. The summed E-state index contributed by atoms with van der Waals surface area (Å²) in [5, 5.41) is 3.04. The van der Waals surface area contributed by atoms with Crippen LogP contribution in [0.5, 0.6) is 0 Å². The summed E-state index contributed by atoms with van der Waals surface area (Å²) in [7, 11) is 0. The van der Waals surface area contributed by atoms with E-state index in [1.165, 1.54) is 10.1 Å². The first-order valence-corrected chi connectivity index (χ1v) is 9.85. The van der Waals surface area contributed by atoms with Gasteiger partial charge in [-0.25, -0.2) is 4.98 Å². The van der Waals surface area contributed by atoms with Gasteiger partial charge in [0.2, 0.25) is 0 Å². The molecule has 0 spiro atoms. The molecule has 0 amide bonds. The number of nitrogens with zero attached hydrogens (tertiary/aromatic N) is 3. The molecule has 0 fully saturated rings. The quantitative estimate of drug-likeness (QED) is 0.517. The smallest absolute Gasteiger partial charge is 0.271 e. The third-order valence-corrected chi connectivity index (χ3v) is 4.29. The molecule has 3 rings (SSSR count). The summed E-state index contributed by atoms with van der Waals surface area (Å²) in [6, 6.07) is 11.9. The van der Waals surface area contributed by atoms with Gasteiger partial charge in [-0.3, -0.25) is 9.89 Å². The molecule has 0 saturated heterocycles. The first-order chi connectivity index (χ1) is 14.9. The molecule has 2 aromatic heterocycles. The van der Waals surface area contributed by atoms with E-state index < -0.39 is 6.68 Å². The standard InChI is InChI=1S/C22H24N4O.CHF3/c1-3-5-7-14-18(4-2)21-24-22-23-19(16-20(27)26(22)25-21)15-10-13-17-11-8-6-9-12-17;2-1(3)4/h3-9,11-12,14,16H,10,13,15H2,1-2H3,(H,23,24,25);1H/b5-3-,14-7-,18-4+;. The summed E-state index contributed by atoms with van der Waals surface area (Å²) in [6.45, 7) is 0.234. The SMILES string of the molecule is C\C=C/C=C\C(=C/C)c1nc2nc(CCCc3ccccc3)cc(=O)n2[nH]1.FC(F)F. The minimum atomic E-state index is -3.67. The van der Waals surface area contributed by atoms with E-state index in [4.69, 9.17) is 0 Å². The highest BCUT2D eigenvalue weighted by Gasteiger charge is 2.09. The van der Waals surface area contributed by atoms with Gasteiger partial charge < -0.3 is 0 Å². The second-order valence-corrected chi connectivity index (χ2v) is 6.51. The van der Waals surface area contributed by atoms with Gasteiger partial charge in [0.05, 0.1) is 5.69 Å². The van der Waals surface area contributed by atoms with E-state index in [0.717, 1.165) is 30.5 Å². The van der Waals surface area contributed by atoms with Crippen LogP contribution in [0.25, 0.3) is 11.4 Å². The zero-order chi connectivity index (χ0) is 22.6. The molecule has 164 valence electrons. The van der Waals surface area contributed by atoms with Crippen LogP contribution in [0, 0.1) is 0 Å². The Bertz CT molecular complexity index is 1100. The van der Waals surface area contributed by atoms with Crippen molar-refractivity contribution in [2.75, 3.05) is 0 Å². The molecule has 8 heteroatoms. The average molecular weight is 430 g/mol. The molecule has 1 aromatic carbocycles. The fourth-order valence-corrected chi connectivity index (χ4v) is 2.89. The largest absolute Gasteiger partial charge is 0.379 e. The molecule has 3 aromatic rings. The zero-order valence-corrected chi connectivity index (χ0v) is 17.4. The van der Waals surface area contributed by atoms with E-state index in [9.17, 15) is 18.0 Å². The van der Waals surface area contributed by atoms with Crippen molar-refractivity contribution in [1.82, 2.24) is 19.6 Å². The van der Waals surface area contributed by atoms with Gasteiger partial charge in [0.15, 0.2) is 5.82 Å². The van der Waals surface area contributed by atoms with Crippen LogP contribution < -0.4 is 5.56 Å². The van der Waals surface area contributed by atoms with Gasteiger partial charge >= 0.3 is 6.68 Å². The first-order valence-electron chi connectivity index (χ1n) is 9.85. The number of nitrogens with one attached hydrogen (secondary N) is 1. The van der Waals surface area contributed by atoms with Gasteiger partial charge in [-0.2, -0.15) is 22.7 Å². The lowest BCUT2D eigenvalue weighted by Gasteiger charge is -2.01. The number of aromatic amines is 1. The van der Waals surface area contributed by atoms with Crippen LogP contribution in [0.1, 0.15) is 37.4 Å². The Morgan fingerprint density at radius 1 is 1.10 bits per heavy atom. The topological polar surface area (TPSA) is 63.1 Å². The number of alkyl halides is 3. The number of halogens is 3. The van der Waals surface area contributed by atoms with Crippen molar-refractivity contribution in [2.45, 2.75) is 39.8 Å². The summed E-state index contributed by atoms with van der Waals surface area (Å²) in [6.07, 6.45) is 12.4. The van der Waals surface area contributed by atoms with E-state index in [1.807, 2.05) is 62.4 Å². The number of allylic oxidation sites excluding steroid dienone is 6. The Hall–Kier alpha value is -3.42. The van der Waals surface area contributed by atoms with Crippen LogP contribution in [0.3, 0.4) is 0 Å². The Kier molecular flexibility index (Phi) is 9.48. The molecule has 0 aliphatic heterocycles. The Balaban J connectivity index is 0.000000785. The number of aromatic nitrogens is 4. The predicted molar refractivity (Wildman–Crippen MR) is 117 cm³/mol. The lowest BCUT2D eigenvalue weighted by molar-refractivity contribution is 0.00819. The van der Waals surface area contributed by atoms with E-state index in [2.05, 4.69) is 27.2 Å². The van der Waals surface area contributed by atoms with Crippen LogP contribution in [0.2, 0.25) is 0 Å². The Morgan fingerprint density at radius 2 is 1.81 bits per heavy atom. The summed E-state index contributed by atoms with van der Waals surface area (Å²) >= 11 is 0. The molecular formula is C23H25F3N4O. The van der Waals surface area contributed by atoms with Crippen LogP contribution in [0.15, 0.2) is 71.6 Å². The van der Waals surface area contributed by atoms with E-state index in [-0.39, 0.29) is 5.56 Å². The van der Waals surface area contributed by atoms with Crippen LogP contribution >= 0.6 is 0 Å². The fourth-order valence-electron chi connectivity index (χ4n) is 2.89.